The number of thioether (sulfide) groups is 1. The highest BCUT2D eigenvalue weighted by atomic mass is 79.9. The van der Waals surface area contributed by atoms with Crippen molar-refractivity contribution in [3.05, 3.63) is 70.2 Å². The molecule has 3 aromatic rings. The summed E-state index contributed by atoms with van der Waals surface area (Å²) >= 11 is 5.09. The molecule has 1 unspecified atom stereocenters. The number of ether oxygens (including phenoxy) is 1. The van der Waals surface area contributed by atoms with Crippen molar-refractivity contribution in [1.29, 1.82) is 0 Å². The second-order valence-corrected chi connectivity index (χ2v) is 7.57. The van der Waals surface area contributed by atoms with Crippen LogP contribution in [0.4, 0.5) is 4.39 Å². The van der Waals surface area contributed by atoms with Crippen molar-refractivity contribution in [3.8, 4) is 5.75 Å². The Labute approximate surface area is 164 Å². The standard InChI is InChI=1S/C19H19BrFN3OS/c1-3-24-18(13(2)25-17-10-8-16(21)9-11-17)22-23-19(24)26-12-14-4-6-15(20)7-5-14/h4-11,13H,3,12H2,1-2H3. The molecule has 0 spiro atoms. The maximum absolute atomic E-state index is 13.0. The van der Waals surface area contributed by atoms with Crippen LogP contribution in [0, 0.1) is 5.82 Å². The van der Waals surface area contributed by atoms with Crippen molar-refractivity contribution >= 4 is 27.7 Å². The summed E-state index contributed by atoms with van der Waals surface area (Å²) in [4.78, 5) is 0. The lowest BCUT2D eigenvalue weighted by molar-refractivity contribution is 0.209. The largest absolute Gasteiger partial charge is 0.483 e. The molecule has 0 bridgehead atoms. The van der Waals surface area contributed by atoms with Gasteiger partial charge in [-0.15, -0.1) is 10.2 Å². The quantitative estimate of drug-likeness (QED) is 0.450. The summed E-state index contributed by atoms with van der Waals surface area (Å²) in [6.07, 6.45) is -0.282. The van der Waals surface area contributed by atoms with Gasteiger partial charge >= 0.3 is 0 Å². The van der Waals surface area contributed by atoms with Crippen LogP contribution in [-0.2, 0) is 12.3 Å². The molecule has 0 aliphatic rings. The Kier molecular flexibility index (Phi) is 6.32. The molecule has 0 aliphatic heterocycles. The van der Waals surface area contributed by atoms with E-state index in [1.54, 1.807) is 23.9 Å². The first kappa shape index (κ1) is 18.9. The molecule has 0 N–H and O–H groups in total. The van der Waals surface area contributed by atoms with E-state index in [0.29, 0.717) is 5.75 Å². The molecule has 3 rings (SSSR count). The van der Waals surface area contributed by atoms with E-state index in [1.165, 1.54) is 17.7 Å². The van der Waals surface area contributed by atoms with Gasteiger partial charge in [0, 0.05) is 16.8 Å². The van der Waals surface area contributed by atoms with E-state index < -0.39 is 0 Å². The number of benzene rings is 2. The highest BCUT2D eigenvalue weighted by Gasteiger charge is 2.18. The van der Waals surface area contributed by atoms with Crippen LogP contribution in [0.1, 0.15) is 31.3 Å². The highest BCUT2D eigenvalue weighted by Crippen LogP contribution is 2.27. The number of aromatic nitrogens is 3. The summed E-state index contributed by atoms with van der Waals surface area (Å²) in [6, 6.07) is 14.2. The summed E-state index contributed by atoms with van der Waals surface area (Å²) < 4.78 is 22.0. The number of hydrogen-bond acceptors (Lipinski definition) is 4. The van der Waals surface area contributed by atoms with Gasteiger partial charge in [0.05, 0.1) is 0 Å². The molecule has 4 nitrogen and oxygen atoms in total. The van der Waals surface area contributed by atoms with Crippen molar-refractivity contribution < 1.29 is 9.13 Å². The van der Waals surface area contributed by atoms with Crippen LogP contribution >= 0.6 is 27.7 Å². The molecule has 26 heavy (non-hydrogen) atoms. The van der Waals surface area contributed by atoms with E-state index in [-0.39, 0.29) is 11.9 Å². The van der Waals surface area contributed by atoms with Crippen LogP contribution in [0.25, 0.3) is 0 Å². The fourth-order valence-electron chi connectivity index (χ4n) is 2.50. The molecule has 0 radical (unpaired) electrons. The van der Waals surface area contributed by atoms with Gasteiger partial charge in [-0.2, -0.15) is 0 Å². The van der Waals surface area contributed by atoms with Crippen molar-refractivity contribution in [2.24, 2.45) is 0 Å². The Balaban J connectivity index is 1.70. The summed E-state index contributed by atoms with van der Waals surface area (Å²) in [6.45, 7) is 4.73. The van der Waals surface area contributed by atoms with E-state index in [1.807, 2.05) is 19.1 Å². The van der Waals surface area contributed by atoms with E-state index in [0.717, 1.165) is 27.8 Å². The van der Waals surface area contributed by atoms with Gasteiger partial charge in [0.25, 0.3) is 0 Å². The van der Waals surface area contributed by atoms with Gasteiger partial charge in [0.15, 0.2) is 17.1 Å². The van der Waals surface area contributed by atoms with E-state index >= 15 is 0 Å². The minimum Gasteiger partial charge on any atom is -0.483 e. The third-order valence-corrected chi connectivity index (χ3v) is 5.40. The van der Waals surface area contributed by atoms with Crippen LogP contribution in [-0.4, -0.2) is 14.8 Å². The fraction of sp³-hybridized carbons (Fsp3) is 0.263. The van der Waals surface area contributed by atoms with Gasteiger partial charge in [-0.25, -0.2) is 4.39 Å². The first-order valence-electron chi connectivity index (χ1n) is 8.29. The second kappa shape index (κ2) is 8.68. The Morgan fingerprint density at radius 3 is 2.46 bits per heavy atom. The molecule has 0 aliphatic carbocycles. The molecule has 1 aromatic heterocycles. The zero-order chi connectivity index (χ0) is 18.5. The molecule has 1 heterocycles. The van der Waals surface area contributed by atoms with Crippen LogP contribution in [0.15, 0.2) is 58.2 Å². The number of rotatable bonds is 7. The molecule has 7 heteroatoms. The Morgan fingerprint density at radius 1 is 1.12 bits per heavy atom. The van der Waals surface area contributed by atoms with E-state index in [4.69, 9.17) is 4.74 Å². The first-order valence-corrected chi connectivity index (χ1v) is 10.1. The van der Waals surface area contributed by atoms with Gasteiger partial charge in [-0.1, -0.05) is 39.8 Å². The minimum atomic E-state index is -0.284. The van der Waals surface area contributed by atoms with Crippen molar-refractivity contribution in [1.82, 2.24) is 14.8 Å². The molecule has 1 atom stereocenters. The lowest BCUT2D eigenvalue weighted by Gasteiger charge is -2.15. The molecule has 0 saturated heterocycles. The van der Waals surface area contributed by atoms with Crippen molar-refractivity contribution in [2.45, 2.75) is 37.4 Å². The van der Waals surface area contributed by atoms with Gasteiger partial charge in [0.1, 0.15) is 11.6 Å². The zero-order valence-electron chi connectivity index (χ0n) is 14.5. The summed E-state index contributed by atoms with van der Waals surface area (Å²) in [7, 11) is 0. The van der Waals surface area contributed by atoms with E-state index in [9.17, 15) is 4.39 Å². The Morgan fingerprint density at radius 2 is 1.81 bits per heavy atom. The normalized spacial score (nSPS) is 12.2. The van der Waals surface area contributed by atoms with E-state index in [2.05, 4.69) is 49.8 Å². The van der Waals surface area contributed by atoms with Crippen LogP contribution in [0.2, 0.25) is 0 Å². The fourth-order valence-corrected chi connectivity index (χ4v) is 3.73. The lowest BCUT2D eigenvalue weighted by atomic mass is 10.2. The lowest BCUT2D eigenvalue weighted by Crippen LogP contribution is -2.12. The monoisotopic (exact) mass is 435 g/mol. The minimum absolute atomic E-state index is 0.282. The molecule has 0 saturated carbocycles. The van der Waals surface area contributed by atoms with Crippen LogP contribution in [0.5, 0.6) is 5.75 Å². The second-order valence-electron chi connectivity index (χ2n) is 5.71. The van der Waals surface area contributed by atoms with Gasteiger partial charge < -0.3 is 9.30 Å². The first-order chi connectivity index (χ1) is 12.6. The molecule has 0 fully saturated rings. The smallest absolute Gasteiger partial charge is 0.191 e. The predicted molar refractivity (Wildman–Crippen MR) is 105 cm³/mol. The molecular weight excluding hydrogens is 417 g/mol. The summed E-state index contributed by atoms with van der Waals surface area (Å²) in [5.41, 5.74) is 1.22. The van der Waals surface area contributed by atoms with Crippen molar-refractivity contribution in [3.63, 3.8) is 0 Å². The Hall–Kier alpha value is -1.86. The molecular formula is C19H19BrFN3OS. The molecule has 2 aromatic carbocycles. The Bertz CT molecular complexity index is 852. The average Bonchev–Trinajstić information content (AvgIpc) is 3.06. The number of halogens is 2. The van der Waals surface area contributed by atoms with Gasteiger partial charge in [-0.3, -0.25) is 0 Å². The SMILES string of the molecule is CCn1c(SCc2ccc(Br)cc2)nnc1C(C)Oc1ccc(F)cc1. The van der Waals surface area contributed by atoms with Gasteiger partial charge in [-0.05, 0) is 55.8 Å². The maximum Gasteiger partial charge on any atom is 0.191 e. The third kappa shape index (κ3) is 4.65. The molecule has 136 valence electrons. The molecule has 0 amide bonds. The topological polar surface area (TPSA) is 39.9 Å². The van der Waals surface area contributed by atoms with Crippen molar-refractivity contribution in [2.75, 3.05) is 0 Å². The van der Waals surface area contributed by atoms with Gasteiger partial charge in [0.2, 0.25) is 0 Å². The average molecular weight is 436 g/mol. The maximum atomic E-state index is 13.0. The zero-order valence-corrected chi connectivity index (χ0v) is 16.9. The summed E-state index contributed by atoms with van der Waals surface area (Å²) in [5, 5.41) is 9.50. The summed E-state index contributed by atoms with van der Waals surface area (Å²) in [5.74, 6) is 1.90. The van der Waals surface area contributed by atoms with Crippen LogP contribution < -0.4 is 4.74 Å². The predicted octanol–water partition coefficient (Wildman–Crippen LogP) is 5.63. The number of hydrogen-bond donors (Lipinski definition) is 0. The highest BCUT2D eigenvalue weighted by molar-refractivity contribution is 9.10. The van der Waals surface area contributed by atoms with Crippen LogP contribution in [0.3, 0.4) is 0 Å². The number of nitrogens with zero attached hydrogens (tertiary/aromatic N) is 3. The third-order valence-electron chi connectivity index (χ3n) is 3.83.